The van der Waals surface area contributed by atoms with Crippen LogP contribution in [0.4, 0.5) is 4.39 Å². The molecule has 0 saturated heterocycles. The zero-order chi connectivity index (χ0) is 13.1. The topological polar surface area (TPSA) is 33.1 Å². The molecule has 94 valence electrons. The lowest BCUT2D eigenvalue weighted by atomic mass is 10.0. The molecule has 0 amide bonds. The Bertz CT molecular complexity index is 562. The second-order valence-electron chi connectivity index (χ2n) is 3.83. The molecule has 18 heavy (non-hydrogen) atoms. The lowest BCUT2D eigenvalue weighted by molar-refractivity contribution is 0.173. The molecule has 0 radical (unpaired) electrons. The largest absolute Gasteiger partial charge is 0.386 e. The minimum Gasteiger partial charge on any atom is -0.386 e. The minimum absolute atomic E-state index is 0.160. The molecule has 0 spiro atoms. The molecule has 0 bridgehead atoms. The Morgan fingerprint density at radius 2 is 2.00 bits per heavy atom. The number of aromatic nitrogens is 1. The monoisotopic (exact) mass is 285 g/mol. The van der Waals surface area contributed by atoms with Gasteiger partial charge >= 0.3 is 0 Å². The number of aliphatic hydroxyl groups is 1. The van der Waals surface area contributed by atoms with E-state index in [1.807, 2.05) is 0 Å². The van der Waals surface area contributed by atoms with Gasteiger partial charge in [-0.05, 0) is 35.9 Å². The molecule has 2 rings (SSSR count). The standard InChI is InChI=1S/C13H10Cl2FNO/c14-10-4-3-9(16)6-8(10)7-12(18)13-11(15)2-1-5-17-13/h1-6,12,18H,7H2. The SMILES string of the molecule is OC(Cc1cc(F)ccc1Cl)c1ncccc1Cl. The van der Waals surface area contributed by atoms with Crippen molar-refractivity contribution < 1.29 is 9.50 Å². The Morgan fingerprint density at radius 3 is 2.72 bits per heavy atom. The zero-order valence-corrected chi connectivity index (χ0v) is 10.8. The maximum absolute atomic E-state index is 13.1. The number of benzene rings is 1. The van der Waals surface area contributed by atoms with Crippen LogP contribution >= 0.6 is 23.2 Å². The number of halogens is 3. The third kappa shape index (κ3) is 2.99. The van der Waals surface area contributed by atoms with Crippen LogP contribution in [-0.2, 0) is 6.42 Å². The van der Waals surface area contributed by atoms with E-state index in [1.54, 1.807) is 12.1 Å². The van der Waals surface area contributed by atoms with Crippen LogP contribution in [0.2, 0.25) is 10.0 Å². The lowest BCUT2D eigenvalue weighted by Crippen LogP contribution is -2.05. The first kappa shape index (κ1) is 13.3. The number of pyridine rings is 1. The predicted octanol–water partition coefficient (Wildman–Crippen LogP) is 3.80. The van der Waals surface area contributed by atoms with Crippen LogP contribution in [0.5, 0.6) is 0 Å². The first-order valence-corrected chi connectivity index (χ1v) is 6.06. The maximum Gasteiger partial charge on any atom is 0.123 e. The van der Waals surface area contributed by atoms with Gasteiger partial charge in [0.2, 0.25) is 0 Å². The van der Waals surface area contributed by atoms with Gasteiger partial charge in [-0.15, -0.1) is 0 Å². The number of hydrogen-bond donors (Lipinski definition) is 1. The summed E-state index contributed by atoms with van der Waals surface area (Å²) in [5.41, 5.74) is 0.880. The molecule has 1 N–H and O–H groups in total. The Morgan fingerprint density at radius 1 is 1.22 bits per heavy atom. The van der Waals surface area contributed by atoms with E-state index in [1.165, 1.54) is 24.4 Å². The summed E-state index contributed by atoms with van der Waals surface area (Å²) in [5, 5.41) is 10.8. The summed E-state index contributed by atoms with van der Waals surface area (Å²) in [6.45, 7) is 0. The molecular formula is C13H10Cl2FNO. The molecule has 5 heteroatoms. The molecule has 0 aliphatic rings. The summed E-state index contributed by atoms with van der Waals surface area (Å²) in [7, 11) is 0. The van der Waals surface area contributed by atoms with Crippen molar-refractivity contribution in [1.82, 2.24) is 4.98 Å². The van der Waals surface area contributed by atoms with E-state index < -0.39 is 11.9 Å². The van der Waals surface area contributed by atoms with E-state index >= 15 is 0 Å². The highest BCUT2D eigenvalue weighted by Gasteiger charge is 2.15. The molecule has 0 aliphatic carbocycles. The van der Waals surface area contributed by atoms with Gasteiger partial charge in [-0.3, -0.25) is 4.98 Å². The molecule has 2 nitrogen and oxygen atoms in total. The van der Waals surface area contributed by atoms with Gasteiger partial charge in [-0.2, -0.15) is 0 Å². The van der Waals surface area contributed by atoms with Crippen molar-refractivity contribution in [1.29, 1.82) is 0 Å². The summed E-state index contributed by atoms with van der Waals surface area (Å²) < 4.78 is 13.1. The number of hydrogen-bond acceptors (Lipinski definition) is 2. The number of rotatable bonds is 3. The second-order valence-corrected chi connectivity index (χ2v) is 4.64. The maximum atomic E-state index is 13.1. The average molecular weight is 286 g/mol. The first-order chi connectivity index (χ1) is 8.58. The Hall–Kier alpha value is -1.16. The molecule has 2 aromatic rings. The van der Waals surface area contributed by atoms with E-state index in [4.69, 9.17) is 23.2 Å². The summed E-state index contributed by atoms with van der Waals surface area (Å²) in [4.78, 5) is 4.01. The van der Waals surface area contributed by atoms with E-state index in [0.717, 1.165) is 0 Å². The third-order valence-electron chi connectivity index (χ3n) is 2.52. The fourth-order valence-electron chi connectivity index (χ4n) is 1.65. The molecule has 0 saturated carbocycles. The molecule has 1 atom stereocenters. The smallest absolute Gasteiger partial charge is 0.123 e. The van der Waals surface area contributed by atoms with Crippen LogP contribution in [-0.4, -0.2) is 10.1 Å². The first-order valence-electron chi connectivity index (χ1n) is 5.30. The van der Waals surface area contributed by atoms with Gasteiger partial charge in [0.1, 0.15) is 11.9 Å². The van der Waals surface area contributed by atoms with Crippen molar-refractivity contribution in [3.63, 3.8) is 0 Å². The van der Waals surface area contributed by atoms with Crippen LogP contribution in [0.3, 0.4) is 0 Å². The van der Waals surface area contributed by atoms with Crippen molar-refractivity contribution in [3.8, 4) is 0 Å². The van der Waals surface area contributed by atoms with Crippen LogP contribution in [0.1, 0.15) is 17.4 Å². The van der Waals surface area contributed by atoms with Crippen molar-refractivity contribution in [3.05, 3.63) is 63.6 Å². The molecule has 1 aromatic heterocycles. The zero-order valence-electron chi connectivity index (χ0n) is 9.28. The van der Waals surface area contributed by atoms with Gasteiger partial charge < -0.3 is 5.11 Å². The highest BCUT2D eigenvalue weighted by atomic mass is 35.5. The van der Waals surface area contributed by atoms with E-state index in [2.05, 4.69) is 4.98 Å². The van der Waals surface area contributed by atoms with Crippen LogP contribution < -0.4 is 0 Å². The highest BCUT2D eigenvalue weighted by molar-refractivity contribution is 6.31. The van der Waals surface area contributed by atoms with Gasteiger partial charge in [-0.25, -0.2) is 4.39 Å². The second kappa shape index (κ2) is 5.65. The van der Waals surface area contributed by atoms with E-state index in [-0.39, 0.29) is 6.42 Å². The van der Waals surface area contributed by atoms with Crippen molar-refractivity contribution in [2.75, 3.05) is 0 Å². The number of aliphatic hydroxyl groups excluding tert-OH is 1. The lowest BCUT2D eigenvalue weighted by Gasteiger charge is -2.12. The number of nitrogens with zero attached hydrogens (tertiary/aromatic N) is 1. The van der Waals surface area contributed by atoms with E-state index in [9.17, 15) is 9.50 Å². The molecule has 1 heterocycles. The molecule has 1 aromatic carbocycles. The Balaban J connectivity index is 2.24. The average Bonchev–Trinajstić information content (AvgIpc) is 2.34. The molecule has 0 fully saturated rings. The van der Waals surface area contributed by atoms with Crippen LogP contribution in [0.25, 0.3) is 0 Å². The Kier molecular flexibility index (Phi) is 4.17. The third-order valence-corrected chi connectivity index (χ3v) is 3.21. The van der Waals surface area contributed by atoms with Gasteiger partial charge in [-0.1, -0.05) is 23.2 Å². The van der Waals surface area contributed by atoms with Crippen molar-refractivity contribution in [2.24, 2.45) is 0 Å². The van der Waals surface area contributed by atoms with Gasteiger partial charge in [0.15, 0.2) is 0 Å². The van der Waals surface area contributed by atoms with Gasteiger partial charge in [0, 0.05) is 17.6 Å². The predicted molar refractivity (Wildman–Crippen MR) is 69.3 cm³/mol. The fraction of sp³-hybridized carbons (Fsp3) is 0.154. The van der Waals surface area contributed by atoms with Crippen LogP contribution in [0, 0.1) is 5.82 Å². The highest BCUT2D eigenvalue weighted by Crippen LogP contribution is 2.26. The van der Waals surface area contributed by atoms with Crippen molar-refractivity contribution in [2.45, 2.75) is 12.5 Å². The summed E-state index contributed by atoms with van der Waals surface area (Å²) in [6.07, 6.45) is 0.781. The van der Waals surface area contributed by atoms with Gasteiger partial charge in [0.05, 0.1) is 10.7 Å². The van der Waals surface area contributed by atoms with Crippen LogP contribution in [0.15, 0.2) is 36.5 Å². The minimum atomic E-state index is -0.919. The quantitative estimate of drug-likeness (QED) is 0.930. The molecule has 0 aliphatic heterocycles. The van der Waals surface area contributed by atoms with Crippen molar-refractivity contribution >= 4 is 23.2 Å². The van der Waals surface area contributed by atoms with Gasteiger partial charge in [0.25, 0.3) is 0 Å². The summed E-state index contributed by atoms with van der Waals surface area (Å²) >= 11 is 11.9. The summed E-state index contributed by atoms with van der Waals surface area (Å²) in [5.74, 6) is -0.395. The fourth-order valence-corrected chi connectivity index (χ4v) is 2.09. The molecule has 1 unspecified atom stereocenters. The Labute approximate surface area is 114 Å². The van der Waals surface area contributed by atoms with E-state index in [0.29, 0.717) is 21.3 Å². The normalized spacial score (nSPS) is 12.4. The molecular weight excluding hydrogens is 276 g/mol. The summed E-state index contributed by atoms with van der Waals surface area (Å²) in [6, 6.07) is 7.33.